The van der Waals surface area contributed by atoms with Gasteiger partial charge in [-0.25, -0.2) is 0 Å². The van der Waals surface area contributed by atoms with Crippen molar-refractivity contribution < 1.29 is 20.1 Å². The van der Waals surface area contributed by atoms with Crippen molar-refractivity contribution in [3.63, 3.8) is 0 Å². The van der Waals surface area contributed by atoms with E-state index in [-0.39, 0.29) is 20.1 Å². The molecule has 48 heavy (non-hydrogen) atoms. The van der Waals surface area contributed by atoms with E-state index in [9.17, 15) is 0 Å². The van der Waals surface area contributed by atoms with Gasteiger partial charge >= 0.3 is 0 Å². The van der Waals surface area contributed by atoms with Gasteiger partial charge in [-0.2, -0.15) is 0 Å². The molecule has 0 unspecified atom stereocenters. The monoisotopic (exact) mass is 804 g/mol. The van der Waals surface area contributed by atoms with E-state index in [1.165, 1.54) is 39.1 Å². The molecule has 0 fully saturated rings. The molecule has 0 spiro atoms. The molecular formula is C44H41IrN3-2. The number of aromatic nitrogens is 3. The summed E-state index contributed by atoms with van der Waals surface area (Å²) in [6, 6.07) is 48.5. The number of hydrogen-bond donors (Lipinski definition) is 0. The second-order valence-electron chi connectivity index (χ2n) is 12.6. The van der Waals surface area contributed by atoms with Crippen LogP contribution in [0.3, 0.4) is 0 Å². The Morgan fingerprint density at radius 1 is 0.604 bits per heavy atom. The minimum atomic E-state index is 0. The van der Waals surface area contributed by atoms with Gasteiger partial charge in [0.05, 0.1) is 16.9 Å². The number of pyridine rings is 1. The third-order valence-electron chi connectivity index (χ3n) is 8.63. The van der Waals surface area contributed by atoms with Gasteiger partial charge in [0.15, 0.2) is 0 Å². The molecule has 7 rings (SSSR count). The Morgan fingerprint density at radius 3 is 1.94 bits per heavy atom. The molecule has 0 saturated heterocycles. The van der Waals surface area contributed by atoms with Crippen molar-refractivity contribution in [2.24, 2.45) is 0 Å². The Labute approximate surface area is 299 Å². The number of hydrogen-bond acceptors (Lipinski definition) is 2. The van der Waals surface area contributed by atoms with Crippen LogP contribution in [0.2, 0.25) is 0 Å². The fourth-order valence-electron chi connectivity index (χ4n) is 5.93. The summed E-state index contributed by atoms with van der Waals surface area (Å²) in [6.45, 7) is 13.2. The van der Waals surface area contributed by atoms with Gasteiger partial charge in [-0.15, -0.1) is 71.3 Å². The molecule has 0 amide bonds. The minimum Gasteiger partial charge on any atom is -0.333 e. The van der Waals surface area contributed by atoms with Crippen LogP contribution in [0, 0.1) is 26.0 Å². The molecule has 0 saturated carbocycles. The first-order chi connectivity index (χ1) is 22.8. The molecule has 7 aromatic rings. The summed E-state index contributed by atoms with van der Waals surface area (Å²) in [7, 11) is 0. The Bertz CT molecular complexity index is 2090. The second kappa shape index (κ2) is 15.5. The topological polar surface area (TPSA) is 30.7 Å². The Morgan fingerprint density at radius 2 is 1.27 bits per heavy atom. The first-order valence-corrected chi connectivity index (χ1v) is 16.4. The van der Waals surface area contributed by atoms with Crippen molar-refractivity contribution >= 4 is 11.0 Å². The second-order valence-corrected chi connectivity index (χ2v) is 12.6. The van der Waals surface area contributed by atoms with Gasteiger partial charge in [0.1, 0.15) is 0 Å². The molecule has 0 N–H and O–H groups in total. The third kappa shape index (κ3) is 7.41. The molecule has 243 valence electrons. The van der Waals surface area contributed by atoms with Gasteiger partial charge in [-0.1, -0.05) is 100.0 Å². The maximum absolute atomic E-state index is 4.99. The molecule has 2 aromatic heterocycles. The smallest absolute Gasteiger partial charge is 0.0774 e. The maximum atomic E-state index is 4.99. The SMILES string of the molecule is CC(C)c1cccc(C(C)C)c1-n1c(-c2[c-]cccc2)nc2ccccc21.Cc1cnc(-c2[c-]ccc(-c3ccccc3)c2)cc1C.[Ir]. The van der Waals surface area contributed by atoms with Gasteiger partial charge in [-0.05, 0) is 65.8 Å². The van der Waals surface area contributed by atoms with E-state index in [2.05, 4.69) is 154 Å². The molecule has 0 bridgehead atoms. The molecule has 0 aliphatic carbocycles. The van der Waals surface area contributed by atoms with Crippen LogP contribution in [0.4, 0.5) is 0 Å². The predicted octanol–water partition coefficient (Wildman–Crippen LogP) is 11.6. The summed E-state index contributed by atoms with van der Waals surface area (Å²) in [5.41, 5.74) is 14.0. The normalized spacial score (nSPS) is 10.9. The summed E-state index contributed by atoms with van der Waals surface area (Å²) in [5, 5.41) is 0. The van der Waals surface area contributed by atoms with Gasteiger partial charge in [0, 0.05) is 32.0 Å². The molecule has 5 aromatic carbocycles. The predicted molar refractivity (Wildman–Crippen MR) is 197 cm³/mol. The van der Waals surface area contributed by atoms with Gasteiger partial charge < -0.3 is 9.55 Å². The summed E-state index contributed by atoms with van der Waals surface area (Å²) in [5.74, 6) is 1.80. The average molecular weight is 804 g/mol. The van der Waals surface area contributed by atoms with Gasteiger partial charge in [-0.3, -0.25) is 4.98 Å². The van der Waals surface area contributed by atoms with E-state index in [4.69, 9.17) is 4.98 Å². The number of aryl methyl sites for hydroxylation is 2. The van der Waals surface area contributed by atoms with Crippen LogP contribution >= 0.6 is 0 Å². The van der Waals surface area contributed by atoms with Crippen molar-refractivity contribution in [1.82, 2.24) is 14.5 Å². The van der Waals surface area contributed by atoms with E-state index in [1.54, 1.807) is 0 Å². The van der Waals surface area contributed by atoms with E-state index >= 15 is 0 Å². The third-order valence-corrected chi connectivity index (χ3v) is 8.63. The van der Waals surface area contributed by atoms with E-state index in [0.29, 0.717) is 11.8 Å². The standard InChI is InChI=1S/C25H25N2.C19H16N.Ir/c1-17(2)20-13-10-14-21(18(3)4)24(20)27-23-16-9-8-15-22(23)26-25(27)19-11-6-5-7-12-19;1-14-11-19(20-13-15(14)2)18-10-6-9-17(12-18)16-7-4-3-5-8-16;/h5-11,13-18H,1-4H3;3-9,11-13H,1-2H3;/q2*-1;. The van der Waals surface area contributed by atoms with E-state index < -0.39 is 0 Å². The van der Waals surface area contributed by atoms with Crippen molar-refractivity contribution in [2.75, 3.05) is 0 Å². The number of para-hydroxylation sites is 3. The molecule has 3 nitrogen and oxygen atoms in total. The van der Waals surface area contributed by atoms with Gasteiger partial charge in [0.25, 0.3) is 0 Å². The van der Waals surface area contributed by atoms with Crippen molar-refractivity contribution in [1.29, 1.82) is 0 Å². The van der Waals surface area contributed by atoms with E-state index in [1.807, 2.05) is 36.5 Å². The van der Waals surface area contributed by atoms with Crippen LogP contribution < -0.4 is 0 Å². The average Bonchev–Trinajstić information content (AvgIpc) is 3.49. The van der Waals surface area contributed by atoms with Crippen LogP contribution in [0.5, 0.6) is 0 Å². The van der Waals surface area contributed by atoms with Crippen LogP contribution in [0.1, 0.15) is 61.8 Å². The molecular weight excluding hydrogens is 763 g/mol. The van der Waals surface area contributed by atoms with E-state index in [0.717, 1.165) is 33.7 Å². The van der Waals surface area contributed by atoms with Crippen LogP contribution in [0.15, 0.2) is 128 Å². The first kappa shape index (κ1) is 34.7. The first-order valence-electron chi connectivity index (χ1n) is 16.4. The molecule has 0 atom stereocenters. The zero-order valence-corrected chi connectivity index (χ0v) is 30.8. The molecule has 2 heterocycles. The number of nitrogens with zero attached hydrogens (tertiary/aromatic N) is 3. The molecule has 0 aliphatic heterocycles. The summed E-state index contributed by atoms with van der Waals surface area (Å²) < 4.78 is 2.34. The quantitative estimate of drug-likeness (QED) is 0.157. The van der Waals surface area contributed by atoms with Crippen LogP contribution in [-0.4, -0.2) is 14.5 Å². The Balaban J connectivity index is 0.000000192. The number of imidazole rings is 1. The summed E-state index contributed by atoms with van der Waals surface area (Å²) in [4.78, 5) is 9.50. The Kier molecular flexibility index (Phi) is 11.2. The Hall–Kier alpha value is -4.63. The van der Waals surface area contributed by atoms with Crippen LogP contribution in [-0.2, 0) is 20.1 Å². The molecule has 4 heteroatoms. The summed E-state index contributed by atoms with van der Waals surface area (Å²) >= 11 is 0. The zero-order chi connectivity index (χ0) is 32.9. The minimum absolute atomic E-state index is 0. The number of fused-ring (bicyclic) bond motifs is 1. The van der Waals surface area contributed by atoms with Crippen molar-refractivity contribution in [2.45, 2.75) is 53.4 Å². The molecule has 0 aliphatic rings. The number of rotatable bonds is 6. The fourth-order valence-corrected chi connectivity index (χ4v) is 5.93. The summed E-state index contributed by atoms with van der Waals surface area (Å²) in [6.07, 6.45) is 1.92. The van der Waals surface area contributed by atoms with Crippen molar-refractivity contribution in [3.05, 3.63) is 162 Å². The fraction of sp³-hybridized carbons (Fsp3) is 0.182. The zero-order valence-electron chi connectivity index (χ0n) is 28.5. The maximum Gasteiger partial charge on any atom is 0.0774 e. The number of benzene rings is 5. The van der Waals surface area contributed by atoms with Crippen LogP contribution in [0.25, 0.3) is 50.5 Å². The van der Waals surface area contributed by atoms with Gasteiger partial charge in [0.2, 0.25) is 0 Å². The largest absolute Gasteiger partial charge is 0.333 e. The molecule has 1 radical (unpaired) electrons. The van der Waals surface area contributed by atoms with Crippen molar-refractivity contribution in [3.8, 4) is 39.5 Å².